The Balaban J connectivity index is 0.000000262. The van der Waals surface area contributed by atoms with E-state index in [1.54, 1.807) is 18.3 Å². The molecule has 0 unspecified atom stereocenters. The molecule has 4 aromatic carbocycles. The smallest absolute Gasteiger partial charge is 0.550 e. The van der Waals surface area contributed by atoms with E-state index in [0.29, 0.717) is 16.0 Å². The Bertz CT molecular complexity index is 2500. The highest BCUT2D eigenvalue weighted by Gasteiger charge is 2.32. The van der Waals surface area contributed by atoms with E-state index in [1.165, 1.54) is 102 Å². The standard InChI is InChI=1S/C17H10F3N3O5S.C11H8F3NOS.C7H4ClNO4.C2H4O2/c18-17(19,20)28-13-3-1-2-10(8-13)14-9-21-15(29-14)22-16(24)27-12-6-4-11(5-7-12)23(25)26;1-7-15-6-10(17-7)8-3-2-4-9(5-8)16-11(12,13)14;8-7(10)13-6-3-1-5(2-4-6)9(11)12;1-2(3)4/h1-9H,(H,21,22,24);2-6H,1H3;1-4H;1H3,(H,3,4)/p-1. The number of alkyl halides is 6. The van der Waals surface area contributed by atoms with Crippen LogP contribution < -0.4 is 29.4 Å². The number of ether oxygens (including phenoxy) is 4. The molecule has 0 aliphatic rings. The van der Waals surface area contributed by atoms with E-state index < -0.39 is 40.1 Å². The number of carboxylic acid groups (broad SMARTS) is 1. The maximum Gasteiger partial charge on any atom is 0.573 e. The molecule has 0 aliphatic heterocycles. The summed E-state index contributed by atoms with van der Waals surface area (Å²) in [5, 5.41) is 33.1. The van der Waals surface area contributed by atoms with Gasteiger partial charge in [0.25, 0.3) is 11.4 Å². The zero-order chi connectivity index (χ0) is 46.9. The number of hydrogen-bond acceptors (Lipinski definition) is 16. The van der Waals surface area contributed by atoms with Crippen molar-refractivity contribution in [1.29, 1.82) is 0 Å². The number of aliphatic carboxylic acids is 1. The quantitative estimate of drug-likeness (QED) is 0.0614. The topological polar surface area (TPSA) is 235 Å². The van der Waals surface area contributed by atoms with Crippen LogP contribution in [0.3, 0.4) is 0 Å². The van der Waals surface area contributed by atoms with E-state index in [9.17, 15) is 56.2 Å². The number of amides is 1. The third-order valence-electron chi connectivity index (χ3n) is 6.54. The van der Waals surface area contributed by atoms with Crippen molar-refractivity contribution in [2.24, 2.45) is 0 Å². The monoisotopic (exact) mass is 944 g/mol. The van der Waals surface area contributed by atoms with Gasteiger partial charge in [0.05, 0.1) is 24.6 Å². The summed E-state index contributed by atoms with van der Waals surface area (Å²) in [6.45, 7) is 2.81. The molecule has 0 saturated heterocycles. The summed E-state index contributed by atoms with van der Waals surface area (Å²) in [5.74, 6) is -1.43. The van der Waals surface area contributed by atoms with Crippen molar-refractivity contribution < 1.29 is 74.6 Å². The molecule has 6 rings (SSSR count). The number of carboxylic acids is 1. The molecular weight excluding hydrogens is 920 g/mol. The van der Waals surface area contributed by atoms with Gasteiger partial charge in [-0.1, -0.05) is 35.6 Å². The lowest BCUT2D eigenvalue weighted by molar-refractivity contribution is -0.385. The summed E-state index contributed by atoms with van der Waals surface area (Å²) < 4.78 is 90.3. The molecule has 1 N–H and O–H groups in total. The molecule has 63 heavy (non-hydrogen) atoms. The van der Waals surface area contributed by atoms with Crippen LogP contribution in [0, 0.1) is 27.2 Å². The summed E-state index contributed by atoms with van der Waals surface area (Å²) in [6.07, 6.45) is -7.34. The maximum absolute atomic E-state index is 12.3. The van der Waals surface area contributed by atoms with Crippen LogP contribution in [0.1, 0.15) is 11.9 Å². The van der Waals surface area contributed by atoms with E-state index in [1.807, 2.05) is 6.92 Å². The number of anilines is 1. The maximum atomic E-state index is 12.3. The SMILES string of the molecule is CC(=O)[O-].Cc1ncc(-c2cccc(OC(F)(F)F)c2)s1.O=C(Cl)Oc1ccc([N+](=O)[O-])cc1.O=C(Nc1ncc(-c2cccc(OC(F)(F)F)c2)s1)Oc1ccc([N+](=O)[O-])cc1. The van der Waals surface area contributed by atoms with Crippen molar-refractivity contribution in [2.75, 3.05) is 5.32 Å². The van der Waals surface area contributed by atoms with Gasteiger partial charge in [-0.25, -0.2) is 19.6 Å². The Morgan fingerprint density at radius 1 is 0.667 bits per heavy atom. The van der Waals surface area contributed by atoms with Crippen molar-refractivity contribution >= 4 is 68.3 Å². The molecule has 0 spiro atoms. The second-order valence-electron chi connectivity index (χ2n) is 11.3. The number of hydrogen-bond donors (Lipinski definition) is 1. The number of carbonyl (C=O) groups is 3. The molecule has 2 heterocycles. The van der Waals surface area contributed by atoms with E-state index in [4.69, 9.17) is 26.2 Å². The molecular formula is C37H25ClF6N5O12S2-. The van der Waals surface area contributed by atoms with Gasteiger partial charge in [-0.15, -0.1) is 37.7 Å². The van der Waals surface area contributed by atoms with Crippen LogP contribution in [-0.2, 0) is 4.79 Å². The highest BCUT2D eigenvalue weighted by molar-refractivity contribution is 7.19. The number of nitrogens with one attached hydrogen (secondary N) is 1. The number of nitro benzene ring substituents is 2. The molecule has 332 valence electrons. The molecule has 1 amide bonds. The summed E-state index contributed by atoms with van der Waals surface area (Å²) in [4.78, 5) is 60.0. The van der Waals surface area contributed by atoms with E-state index in [2.05, 4.69) is 29.5 Å². The van der Waals surface area contributed by atoms with Crippen LogP contribution in [-0.4, -0.2) is 50.0 Å². The molecule has 0 fully saturated rings. The van der Waals surface area contributed by atoms with Gasteiger partial charge in [-0.2, -0.15) is 0 Å². The van der Waals surface area contributed by atoms with Crippen LogP contribution in [0.25, 0.3) is 20.9 Å². The van der Waals surface area contributed by atoms with Crippen LogP contribution in [0.15, 0.2) is 109 Å². The number of halogens is 7. The summed E-state index contributed by atoms with van der Waals surface area (Å²) in [5.41, 5.74) is -0.124. The first-order valence-corrected chi connectivity index (χ1v) is 18.6. The van der Waals surface area contributed by atoms with Gasteiger partial charge in [0.15, 0.2) is 5.13 Å². The largest absolute Gasteiger partial charge is 0.573 e. The number of benzene rings is 4. The highest BCUT2D eigenvalue weighted by atomic mass is 35.5. The molecule has 0 saturated carbocycles. The number of nitro groups is 2. The van der Waals surface area contributed by atoms with Crippen LogP contribution in [0.5, 0.6) is 23.0 Å². The van der Waals surface area contributed by atoms with Crippen LogP contribution in [0.4, 0.5) is 52.4 Å². The third kappa shape index (κ3) is 19.3. The molecule has 6 aromatic rings. The number of thiazole rings is 2. The fourth-order valence-corrected chi connectivity index (χ4v) is 5.90. The minimum Gasteiger partial charge on any atom is -0.550 e. The normalized spacial score (nSPS) is 10.5. The van der Waals surface area contributed by atoms with Gasteiger partial charge in [-0.05, 0) is 73.5 Å². The molecule has 0 bridgehead atoms. The minimum absolute atomic E-state index is 0.0747. The summed E-state index contributed by atoms with van der Waals surface area (Å²) in [7, 11) is 0. The van der Waals surface area contributed by atoms with Crippen molar-refractivity contribution in [1.82, 2.24) is 9.97 Å². The molecule has 17 nitrogen and oxygen atoms in total. The van der Waals surface area contributed by atoms with Gasteiger partial charge in [0, 0.05) is 54.2 Å². The first-order valence-electron chi connectivity index (χ1n) is 16.6. The average molecular weight is 945 g/mol. The van der Waals surface area contributed by atoms with Crippen LogP contribution >= 0.6 is 34.3 Å². The third-order valence-corrected chi connectivity index (χ3v) is 8.54. The van der Waals surface area contributed by atoms with Gasteiger partial charge in [-0.3, -0.25) is 25.5 Å². The lowest BCUT2D eigenvalue weighted by atomic mass is 10.2. The molecule has 0 atom stereocenters. The minimum atomic E-state index is -4.80. The number of non-ortho nitro benzene ring substituents is 2. The van der Waals surface area contributed by atoms with Crippen molar-refractivity contribution in [2.45, 2.75) is 26.6 Å². The van der Waals surface area contributed by atoms with E-state index >= 15 is 0 Å². The van der Waals surface area contributed by atoms with Crippen LogP contribution in [0.2, 0.25) is 0 Å². The van der Waals surface area contributed by atoms with Gasteiger partial charge >= 0.3 is 24.2 Å². The Labute approximate surface area is 362 Å². The van der Waals surface area contributed by atoms with Gasteiger partial charge < -0.3 is 28.8 Å². The fraction of sp³-hybridized carbons (Fsp3) is 0.108. The number of carbonyl (C=O) groups excluding carboxylic acids is 3. The summed E-state index contributed by atoms with van der Waals surface area (Å²) in [6, 6.07) is 21.1. The number of aryl methyl sites for hydroxylation is 1. The predicted octanol–water partition coefficient (Wildman–Crippen LogP) is 10.3. The van der Waals surface area contributed by atoms with Gasteiger partial charge in [0.1, 0.15) is 23.0 Å². The van der Waals surface area contributed by atoms with Gasteiger partial charge in [0.2, 0.25) is 0 Å². The van der Waals surface area contributed by atoms with Crippen molar-refractivity contribution in [3.8, 4) is 43.9 Å². The average Bonchev–Trinajstić information content (AvgIpc) is 3.83. The molecule has 0 aliphatic carbocycles. The van der Waals surface area contributed by atoms with Crippen molar-refractivity contribution in [3.63, 3.8) is 0 Å². The van der Waals surface area contributed by atoms with E-state index in [-0.39, 0.29) is 39.5 Å². The predicted molar refractivity (Wildman–Crippen MR) is 212 cm³/mol. The van der Waals surface area contributed by atoms with E-state index in [0.717, 1.165) is 28.1 Å². The second-order valence-corrected chi connectivity index (χ2v) is 13.8. The lowest BCUT2D eigenvalue weighted by Gasteiger charge is -2.09. The second kappa shape index (κ2) is 23.0. The number of rotatable bonds is 9. The first kappa shape index (κ1) is 50.0. The Hall–Kier alpha value is -7.38. The Kier molecular flexibility index (Phi) is 18.3. The Morgan fingerprint density at radius 2 is 1.08 bits per heavy atom. The fourth-order valence-electron chi connectivity index (χ4n) is 4.24. The first-order chi connectivity index (χ1) is 29.5. The Morgan fingerprint density at radius 3 is 1.46 bits per heavy atom. The number of nitrogens with zero attached hydrogens (tertiary/aromatic N) is 4. The molecule has 0 radical (unpaired) electrons. The summed E-state index contributed by atoms with van der Waals surface area (Å²) >= 11 is 7.35. The van der Waals surface area contributed by atoms with Crippen molar-refractivity contribution in [3.05, 3.63) is 135 Å². The molecule has 26 heteroatoms. The zero-order valence-corrected chi connectivity index (χ0v) is 33.9. The zero-order valence-electron chi connectivity index (χ0n) is 31.5. The molecule has 2 aromatic heterocycles. The number of aromatic nitrogens is 2. The highest BCUT2D eigenvalue weighted by Crippen LogP contribution is 2.34. The lowest BCUT2D eigenvalue weighted by Crippen LogP contribution is -2.17.